The Morgan fingerprint density at radius 3 is 2.07 bits per heavy atom. The number of nitrogens with zero attached hydrogens (tertiary/aromatic N) is 2. The molecule has 1 N–H and O–H groups in total. The van der Waals surface area contributed by atoms with Crippen LogP contribution in [0.2, 0.25) is 0 Å². The van der Waals surface area contributed by atoms with E-state index in [1.165, 1.54) is 13.1 Å². The van der Waals surface area contributed by atoms with Gasteiger partial charge in [0.2, 0.25) is 0 Å². The molecule has 0 heterocycles. The van der Waals surface area contributed by atoms with E-state index in [-0.39, 0.29) is 0 Å². The molecule has 0 spiro atoms. The molecule has 0 aliphatic carbocycles. The van der Waals surface area contributed by atoms with Gasteiger partial charge in [0.1, 0.15) is 0 Å². The van der Waals surface area contributed by atoms with Crippen molar-refractivity contribution in [1.82, 2.24) is 15.1 Å². The number of likely N-dealkylation sites (N-methyl/N-ethyl adjacent to an activating group) is 2. The molecule has 3 heteroatoms. The van der Waals surface area contributed by atoms with Gasteiger partial charge in [-0.25, -0.2) is 0 Å². The summed E-state index contributed by atoms with van der Waals surface area (Å²) in [6.07, 6.45) is 0. The predicted molar refractivity (Wildman–Crippen MR) is 68.4 cm³/mol. The van der Waals surface area contributed by atoms with Crippen LogP contribution in [0, 0.1) is 0 Å². The first-order valence-electron chi connectivity index (χ1n) is 6.24. The number of hydrogen-bond donors (Lipinski definition) is 1. The molecule has 0 aromatic heterocycles. The Balaban J connectivity index is 3.43. The van der Waals surface area contributed by atoms with E-state index in [1.54, 1.807) is 0 Å². The smallest absolute Gasteiger partial charge is 0.0109 e. The van der Waals surface area contributed by atoms with Gasteiger partial charge in [0, 0.05) is 32.2 Å². The number of rotatable bonds is 9. The van der Waals surface area contributed by atoms with Gasteiger partial charge < -0.3 is 15.1 Å². The second kappa shape index (κ2) is 9.13. The maximum atomic E-state index is 3.44. The summed E-state index contributed by atoms with van der Waals surface area (Å²) < 4.78 is 0. The minimum Gasteiger partial charge on any atom is -0.313 e. The van der Waals surface area contributed by atoms with Gasteiger partial charge in [-0.2, -0.15) is 0 Å². The normalized spacial score (nSPS) is 12.0. The van der Waals surface area contributed by atoms with Gasteiger partial charge >= 0.3 is 0 Å². The molecule has 0 aliphatic rings. The van der Waals surface area contributed by atoms with E-state index in [9.17, 15) is 0 Å². The van der Waals surface area contributed by atoms with Gasteiger partial charge in [-0.05, 0) is 20.1 Å². The third-order valence-corrected chi connectivity index (χ3v) is 2.74. The second-order valence-electron chi connectivity index (χ2n) is 4.44. The third kappa shape index (κ3) is 8.85. The number of hydrogen-bond acceptors (Lipinski definition) is 3. The fourth-order valence-electron chi connectivity index (χ4n) is 1.51. The molecule has 0 aliphatic heterocycles. The summed E-state index contributed by atoms with van der Waals surface area (Å²) in [5.41, 5.74) is 0. The van der Waals surface area contributed by atoms with Crippen LogP contribution in [0.15, 0.2) is 0 Å². The average Bonchev–Trinajstić information content (AvgIpc) is 2.18. The first kappa shape index (κ1) is 14.9. The quantitative estimate of drug-likeness (QED) is 0.625. The Kier molecular flexibility index (Phi) is 9.06. The van der Waals surface area contributed by atoms with Crippen LogP contribution in [-0.2, 0) is 0 Å². The van der Waals surface area contributed by atoms with E-state index in [0.29, 0.717) is 6.04 Å². The topological polar surface area (TPSA) is 18.5 Å². The van der Waals surface area contributed by atoms with E-state index < -0.39 is 0 Å². The minimum absolute atomic E-state index is 0.598. The predicted octanol–water partition coefficient (Wildman–Crippen LogP) is 1.26. The van der Waals surface area contributed by atoms with Crippen molar-refractivity contribution in [2.24, 2.45) is 0 Å². The van der Waals surface area contributed by atoms with Crippen molar-refractivity contribution < 1.29 is 0 Å². The van der Waals surface area contributed by atoms with E-state index >= 15 is 0 Å². The molecule has 0 fully saturated rings. The average molecular weight is 215 g/mol. The highest BCUT2D eigenvalue weighted by molar-refractivity contribution is 4.60. The van der Waals surface area contributed by atoms with Gasteiger partial charge in [0.15, 0.2) is 0 Å². The van der Waals surface area contributed by atoms with Crippen LogP contribution >= 0.6 is 0 Å². The Morgan fingerprint density at radius 1 is 1.00 bits per heavy atom. The first-order valence-corrected chi connectivity index (χ1v) is 6.24. The molecule has 0 bridgehead atoms. The first-order chi connectivity index (χ1) is 7.10. The summed E-state index contributed by atoms with van der Waals surface area (Å²) >= 11 is 0. The zero-order valence-electron chi connectivity index (χ0n) is 11.2. The monoisotopic (exact) mass is 215 g/mol. The lowest BCUT2D eigenvalue weighted by Crippen LogP contribution is -2.37. The second-order valence-corrected chi connectivity index (χ2v) is 4.44. The standard InChI is InChI=1S/C12H29N3/c1-6-15(7-2)11-10-14(5)9-8-13-12(3)4/h12-13H,6-11H2,1-5H3. The van der Waals surface area contributed by atoms with Crippen molar-refractivity contribution in [3.8, 4) is 0 Å². The summed E-state index contributed by atoms with van der Waals surface area (Å²) in [4.78, 5) is 4.86. The molecular formula is C12H29N3. The van der Waals surface area contributed by atoms with Crippen molar-refractivity contribution in [3.05, 3.63) is 0 Å². The summed E-state index contributed by atoms with van der Waals surface area (Å²) in [5, 5.41) is 3.44. The van der Waals surface area contributed by atoms with Crippen molar-refractivity contribution >= 4 is 0 Å². The van der Waals surface area contributed by atoms with Crippen LogP contribution in [0.1, 0.15) is 27.7 Å². The SMILES string of the molecule is CCN(CC)CCN(C)CCNC(C)C. The summed E-state index contributed by atoms with van der Waals surface area (Å²) in [6.45, 7) is 15.7. The lowest BCUT2D eigenvalue weighted by atomic mass is 10.4. The molecule has 0 radical (unpaired) electrons. The zero-order valence-corrected chi connectivity index (χ0v) is 11.2. The maximum absolute atomic E-state index is 3.44. The zero-order chi connectivity index (χ0) is 11.7. The molecule has 0 atom stereocenters. The van der Waals surface area contributed by atoms with Crippen LogP contribution in [0.4, 0.5) is 0 Å². The van der Waals surface area contributed by atoms with Gasteiger partial charge in [0.25, 0.3) is 0 Å². The Labute approximate surface area is 95.8 Å². The highest BCUT2D eigenvalue weighted by Gasteiger charge is 2.02. The maximum Gasteiger partial charge on any atom is 0.0109 e. The Bertz CT molecular complexity index is 133. The van der Waals surface area contributed by atoms with E-state index in [1.807, 2.05) is 0 Å². The Morgan fingerprint density at radius 2 is 1.60 bits per heavy atom. The van der Waals surface area contributed by atoms with Crippen molar-refractivity contribution in [3.63, 3.8) is 0 Å². The van der Waals surface area contributed by atoms with Crippen molar-refractivity contribution in [1.29, 1.82) is 0 Å². The lowest BCUT2D eigenvalue weighted by Gasteiger charge is -2.23. The fraction of sp³-hybridized carbons (Fsp3) is 1.00. The lowest BCUT2D eigenvalue weighted by molar-refractivity contribution is 0.240. The molecule has 0 amide bonds. The molecule has 0 unspecified atom stereocenters. The van der Waals surface area contributed by atoms with E-state index in [4.69, 9.17) is 0 Å². The molecule has 3 nitrogen and oxygen atoms in total. The van der Waals surface area contributed by atoms with Gasteiger partial charge in [-0.15, -0.1) is 0 Å². The van der Waals surface area contributed by atoms with Crippen LogP contribution in [0.5, 0.6) is 0 Å². The molecule has 0 rings (SSSR count). The number of nitrogens with one attached hydrogen (secondary N) is 1. The molecule has 0 saturated heterocycles. The highest BCUT2D eigenvalue weighted by Crippen LogP contribution is 1.89. The van der Waals surface area contributed by atoms with Crippen LogP contribution in [0.25, 0.3) is 0 Å². The van der Waals surface area contributed by atoms with Gasteiger partial charge in [-0.1, -0.05) is 27.7 Å². The third-order valence-electron chi connectivity index (χ3n) is 2.74. The molecule has 92 valence electrons. The minimum atomic E-state index is 0.598. The van der Waals surface area contributed by atoms with E-state index in [2.05, 4.69) is 49.9 Å². The molecular weight excluding hydrogens is 186 g/mol. The van der Waals surface area contributed by atoms with Gasteiger partial charge in [0.05, 0.1) is 0 Å². The van der Waals surface area contributed by atoms with Crippen molar-refractivity contribution in [2.75, 3.05) is 46.3 Å². The van der Waals surface area contributed by atoms with Crippen LogP contribution < -0.4 is 5.32 Å². The molecule has 0 aromatic rings. The van der Waals surface area contributed by atoms with Crippen molar-refractivity contribution in [2.45, 2.75) is 33.7 Å². The highest BCUT2D eigenvalue weighted by atomic mass is 15.2. The van der Waals surface area contributed by atoms with E-state index in [0.717, 1.165) is 26.2 Å². The summed E-state index contributed by atoms with van der Waals surface area (Å²) in [6, 6.07) is 0.598. The van der Waals surface area contributed by atoms with Gasteiger partial charge in [-0.3, -0.25) is 0 Å². The molecule has 0 aromatic carbocycles. The summed E-state index contributed by atoms with van der Waals surface area (Å²) in [5.74, 6) is 0. The fourth-order valence-corrected chi connectivity index (χ4v) is 1.51. The largest absolute Gasteiger partial charge is 0.313 e. The van der Waals surface area contributed by atoms with Crippen LogP contribution in [-0.4, -0.2) is 62.2 Å². The summed E-state index contributed by atoms with van der Waals surface area (Å²) in [7, 11) is 2.20. The molecule has 15 heavy (non-hydrogen) atoms. The molecule has 0 saturated carbocycles. The Hall–Kier alpha value is -0.120. The van der Waals surface area contributed by atoms with Crippen LogP contribution in [0.3, 0.4) is 0 Å².